The number of aliphatic hydroxyl groups excluding tert-OH is 1. The van der Waals surface area contributed by atoms with Crippen LogP contribution in [0.1, 0.15) is 48.8 Å². The number of aryl methyl sites for hydroxylation is 1. The van der Waals surface area contributed by atoms with Gasteiger partial charge in [0.25, 0.3) is 5.91 Å². The van der Waals surface area contributed by atoms with E-state index in [1.54, 1.807) is 24.3 Å². The third kappa shape index (κ3) is 5.94. The van der Waals surface area contributed by atoms with Crippen molar-refractivity contribution in [3.63, 3.8) is 0 Å². The normalized spacial score (nSPS) is 21.8. The van der Waals surface area contributed by atoms with Crippen LogP contribution in [0, 0.1) is 0 Å². The number of likely N-dealkylation sites (N-methyl/N-ethyl adjacent to an activating group) is 1. The number of hydrogen-bond acceptors (Lipinski definition) is 9. The van der Waals surface area contributed by atoms with Crippen molar-refractivity contribution >= 4 is 33.3 Å². The monoisotopic (exact) mass is 517 g/mol. The maximum Gasteiger partial charge on any atom is 0.271 e. The fourth-order valence-electron chi connectivity index (χ4n) is 4.53. The minimum atomic E-state index is -3.58. The maximum atomic E-state index is 13.0. The molecule has 1 aliphatic heterocycles. The molecule has 0 atom stereocenters. The Hall–Kier alpha value is -2.80. The van der Waals surface area contributed by atoms with Gasteiger partial charge in [0, 0.05) is 37.9 Å². The molecule has 5 N–H and O–H groups in total. The van der Waals surface area contributed by atoms with Crippen molar-refractivity contribution in [1.29, 1.82) is 0 Å². The number of carbonyl (C=O) groups is 1. The Labute approximate surface area is 212 Å². The lowest BCUT2D eigenvalue weighted by Crippen LogP contribution is -2.46. The van der Waals surface area contributed by atoms with Crippen LogP contribution < -0.4 is 16.4 Å². The Kier molecular flexibility index (Phi) is 8.08. The molecule has 2 aromatic rings. The number of nitrogens with two attached hydrogens (primary N) is 1. The molecule has 36 heavy (non-hydrogen) atoms. The van der Waals surface area contributed by atoms with Crippen molar-refractivity contribution < 1.29 is 18.3 Å². The Morgan fingerprint density at radius 2 is 1.69 bits per heavy atom. The van der Waals surface area contributed by atoms with Crippen molar-refractivity contribution in [3.8, 4) is 0 Å². The van der Waals surface area contributed by atoms with Gasteiger partial charge < -0.3 is 26.4 Å². The average Bonchev–Trinajstić information content (AvgIpc) is 2.86. The maximum absolute atomic E-state index is 13.0. The summed E-state index contributed by atoms with van der Waals surface area (Å²) >= 11 is 0. The first-order valence-corrected chi connectivity index (χ1v) is 13.8. The van der Waals surface area contributed by atoms with Crippen LogP contribution in [0.2, 0.25) is 0 Å². The van der Waals surface area contributed by atoms with Gasteiger partial charge in [0.2, 0.25) is 10.0 Å². The summed E-state index contributed by atoms with van der Waals surface area (Å²) in [6.45, 7) is 4.22. The number of carbonyl (C=O) groups excluding carboxylic acids is 1. The van der Waals surface area contributed by atoms with Crippen LogP contribution >= 0.6 is 0 Å². The van der Waals surface area contributed by atoms with Crippen LogP contribution in [0.15, 0.2) is 29.2 Å². The molecule has 0 radical (unpaired) electrons. The topological polar surface area (TPSA) is 154 Å². The van der Waals surface area contributed by atoms with E-state index < -0.39 is 15.9 Å². The van der Waals surface area contributed by atoms with Gasteiger partial charge in [0.15, 0.2) is 11.5 Å². The minimum absolute atomic E-state index is 0.0191. The molecule has 0 unspecified atom stereocenters. The van der Waals surface area contributed by atoms with Gasteiger partial charge in [-0.25, -0.2) is 18.4 Å². The Morgan fingerprint density at radius 3 is 2.28 bits per heavy atom. The summed E-state index contributed by atoms with van der Waals surface area (Å²) in [7, 11) is -1.61. The van der Waals surface area contributed by atoms with Crippen LogP contribution in [-0.4, -0.2) is 84.0 Å². The number of nitrogens with one attached hydrogen (secondary N) is 2. The number of anilines is 3. The number of amides is 1. The largest absolute Gasteiger partial charge is 0.393 e. The minimum Gasteiger partial charge on any atom is -0.393 e. The number of hydrogen-bond donors (Lipinski definition) is 4. The molecular weight excluding hydrogens is 482 g/mol. The summed E-state index contributed by atoms with van der Waals surface area (Å²) < 4.78 is 27.5. The van der Waals surface area contributed by atoms with E-state index in [2.05, 4.69) is 25.5 Å². The second-order valence-electron chi connectivity index (χ2n) is 9.44. The number of aliphatic hydroxyl groups is 1. The number of aromatic nitrogens is 2. The highest BCUT2D eigenvalue weighted by Crippen LogP contribution is 2.27. The summed E-state index contributed by atoms with van der Waals surface area (Å²) in [5.74, 6) is 0.0645. The first-order chi connectivity index (χ1) is 17.2. The van der Waals surface area contributed by atoms with E-state index in [0.717, 1.165) is 25.7 Å². The first-order valence-electron chi connectivity index (χ1n) is 12.4. The molecule has 196 valence electrons. The molecule has 1 aromatic heterocycles. The molecule has 4 rings (SSSR count). The molecule has 0 bridgehead atoms. The molecule has 1 saturated carbocycles. The lowest BCUT2D eigenvalue weighted by atomic mass is 9.93. The molecule has 11 nitrogen and oxygen atoms in total. The molecule has 1 aromatic carbocycles. The smallest absolute Gasteiger partial charge is 0.271 e. The van der Waals surface area contributed by atoms with Gasteiger partial charge >= 0.3 is 0 Å². The van der Waals surface area contributed by atoms with Crippen molar-refractivity contribution in [2.24, 2.45) is 5.73 Å². The lowest BCUT2D eigenvalue weighted by Gasteiger charge is -2.31. The lowest BCUT2D eigenvalue weighted by molar-refractivity contribution is 0.0995. The van der Waals surface area contributed by atoms with Gasteiger partial charge in [-0.05, 0) is 63.4 Å². The number of benzene rings is 1. The summed E-state index contributed by atoms with van der Waals surface area (Å²) in [5, 5.41) is 16.3. The first kappa shape index (κ1) is 26.3. The fourth-order valence-corrected chi connectivity index (χ4v) is 5.95. The molecular formula is C24H35N7O4S. The molecule has 1 saturated heterocycles. The number of rotatable bonds is 8. The molecule has 1 aliphatic carbocycles. The van der Waals surface area contributed by atoms with Crippen molar-refractivity contribution in [2.75, 3.05) is 43.9 Å². The summed E-state index contributed by atoms with van der Waals surface area (Å²) in [4.78, 5) is 23.6. The molecule has 1 amide bonds. The molecule has 2 aliphatic rings. The SMILES string of the molecule is CCc1nc(C(N)=O)c(Nc2ccc(S(=O)(=O)N3CCN(C)CC3)cc2)nc1N[C@H]1CC[C@H](O)CC1. The van der Waals surface area contributed by atoms with Gasteiger partial charge in [-0.1, -0.05) is 6.92 Å². The zero-order chi connectivity index (χ0) is 25.9. The molecule has 2 heterocycles. The van der Waals surface area contributed by atoms with Crippen LogP contribution in [0.25, 0.3) is 0 Å². The number of primary amides is 1. The summed E-state index contributed by atoms with van der Waals surface area (Å²) in [6, 6.07) is 6.51. The number of sulfonamides is 1. The zero-order valence-electron chi connectivity index (χ0n) is 20.8. The molecule has 2 fully saturated rings. The van der Waals surface area contributed by atoms with E-state index in [4.69, 9.17) is 5.73 Å². The van der Waals surface area contributed by atoms with E-state index in [0.29, 0.717) is 49.8 Å². The number of piperazine rings is 1. The summed E-state index contributed by atoms with van der Waals surface area (Å²) in [6.07, 6.45) is 3.37. The Balaban J connectivity index is 1.55. The highest BCUT2D eigenvalue weighted by molar-refractivity contribution is 7.89. The summed E-state index contributed by atoms with van der Waals surface area (Å²) in [5.41, 5.74) is 6.81. The van der Waals surface area contributed by atoms with E-state index in [9.17, 15) is 18.3 Å². The number of nitrogens with zero attached hydrogens (tertiary/aromatic N) is 4. The molecule has 0 spiro atoms. The van der Waals surface area contributed by atoms with Crippen molar-refractivity contribution in [1.82, 2.24) is 19.2 Å². The van der Waals surface area contributed by atoms with E-state index in [1.165, 1.54) is 4.31 Å². The predicted molar refractivity (Wildman–Crippen MR) is 138 cm³/mol. The second kappa shape index (κ2) is 11.1. The van der Waals surface area contributed by atoms with Crippen LogP contribution in [-0.2, 0) is 16.4 Å². The van der Waals surface area contributed by atoms with E-state index in [-0.39, 0.29) is 28.6 Å². The average molecular weight is 518 g/mol. The van der Waals surface area contributed by atoms with Crippen LogP contribution in [0.4, 0.5) is 17.3 Å². The molecule has 12 heteroatoms. The van der Waals surface area contributed by atoms with Gasteiger partial charge in [0.1, 0.15) is 5.82 Å². The van der Waals surface area contributed by atoms with Gasteiger partial charge in [0.05, 0.1) is 16.7 Å². The Bertz CT molecular complexity index is 1170. The highest BCUT2D eigenvalue weighted by atomic mass is 32.2. The highest BCUT2D eigenvalue weighted by Gasteiger charge is 2.27. The second-order valence-corrected chi connectivity index (χ2v) is 11.4. The van der Waals surface area contributed by atoms with Crippen molar-refractivity contribution in [3.05, 3.63) is 35.7 Å². The fraction of sp³-hybridized carbons (Fsp3) is 0.542. The van der Waals surface area contributed by atoms with Gasteiger partial charge in [-0.15, -0.1) is 0 Å². The Morgan fingerprint density at radius 1 is 1.06 bits per heavy atom. The third-order valence-corrected chi connectivity index (χ3v) is 8.70. The quantitative estimate of drug-likeness (QED) is 0.408. The van der Waals surface area contributed by atoms with Crippen molar-refractivity contribution in [2.45, 2.75) is 56.1 Å². The van der Waals surface area contributed by atoms with Gasteiger partial charge in [-0.2, -0.15) is 4.31 Å². The van der Waals surface area contributed by atoms with Gasteiger partial charge in [-0.3, -0.25) is 4.79 Å². The predicted octanol–water partition coefficient (Wildman–Crippen LogP) is 1.53. The van der Waals surface area contributed by atoms with Crippen LogP contribution in [0.5, 0.6) is 0 Å². The van der Waals surface area contributed by atoms with E-state index >= 15 is 0 Å². The standard InChI is InChI=1S/C24H35N7O4S/c1-3-20-23(26-16-4-8-18(32)9-5-16)29-24(21(28-20)22(25)33)27-17-6-10-19(11-7-17)36(34,35)31-14-12-30(2)13-15-31/h6-7,10-11,16,18,32H,3-5,8-9,12-15H2,1-2H3,(H2,25,33)(H2,26,27,29)/t16-,18-. The van der Waals surface area contributed by atoms with Crippen LogP contribution in [0.3, 0.4) is 0 Å². The van der Waals surface area contributed by atoms with E-state index in [1.807, 2.05) is 14.0 Å². The third-order valence-electron chi connectivity index (χ3n) is 6.79. The zero-order valence-corrected chi connectivity index (χ0v) is 21.6.